The number of benzene rings is 2. The van der Waals surface area contributed by atoms with Gasteiger partial charge < -0.3 is 14.6 Å². The Bertz CT molecular complexity index is 999. The number of nitrogens with zero attached hydrogens (tertiary/aromatic N) is 2. The molecule has 1 aliphatic heterocycles. The van der Waals surface area contributed by atoms with Crippen molar-refractivity contribution in [3.8, 4) is 0 Å². The molecule has 0 aliphatic carbocycles. The summed E-state index contributed by atoms with van der Waals surface area (Å²) >= 11 is 0. The molecule has 2 aromatic carbocycles. The Balaban J connectivity index is 1.63. The summed E-state index contributed by atoms with van der Waals surface area (Å²) in [6.45, 7) is 2.84. The van der Waals surface area contributed by atoms with Crippen molar-refractivity contribution in [2.24, 2.45) is 0 Å². The highest BCUT2D eigenvalue weighted by molar-refractivity contribution is 6.00. The zero-order chi connectivity index (χ0) is 19.0. The van der Waals surface area contributed by atoms with Gasteiger partial charge in [0.15, 0.2) is 0 Å². The molecule has 7 heteroatoms. The quantitative estimate of drug-likeness (QED) is 0.566. The topological polar surface area (TPSA) is 88.5 Å². The number of nitrogens with one attached hydrogen (secondary N) is 1. The molecular weight excluding hydrogens is 346 g/mol. The third-order valence-electron chi connectivity index (χ3n) is 4.78. The second kappa shape index (κ2) is 6.85. The van der Waals surface area contributed by atoms with Crippen molar-refractivity contribution in [1.29, 1.82) is 0 Å². The van der Waals surface area contributed by atoms with Gasteiger partial charge in [-0.05, 0) is 18.6 Å². The lowest BCUT2D eigenvalue weighted by Crippen LogP contribution is -2.46. The minimum absolute atomic E-state index is 0.0379. The fourth-order valence-corrected chi connectivity index (χ4v) is 3.55. The van der Waals surface area contributed by atoms with Crippen LogP contribution in [0.5, 0.6) is 0 Å². The lowest BCUT2D eigenvalue weighted by atomic mass is 10.1. The fraction of sp³-hybridized carbons (Fsp3) is 0.250. The van der Waals surface area contributed by atoms with Crippen molar-refractivity contribution in [2.45, 2.75) is 19.1 Å². The maximum atomic E-state index is 13.0. The average molecular weight is 365 g/mol. The number of morpholine rings is 1. The Hall–Kier alpha value is -3.19. The van der Waals surface area contributed by atoms with Crippen LogP contribution < -0.4 is 0 Å². The molecule has 0 saturated carbocycles. The number of aromatic amines is 1. The van der Waals surface area contributed by atoms with E-state index < -0.39 is 4.92 Å². The number of nitro groups is 1. The first kappa shape index (κ1) is 17.2. The third kappa shape index (κ3) is 3.29. The molecular formula is C20H19N3O4. The highest BCUT2D eigenvalue weighted by atomic mass is 16.6. The Morgan fingerprint density at radius 1 is 1.19 bits per heavy atom. The number of ether oxygens (including phenoxy) is 1. The molecule has 3 aromatic rings. The maximum absolute atomic E-state index is 13.0. The number of amides is 1. The summed E-state index contributed by atoms with van der Waals surface area (Å²) < 4.78 is 6.00. The number of fused-ring (bicyclic) bond motifs is 1. The van der Waals surface area contributed by atoms with Crippen molar-refractivity contribution in [3.05, 3.63) is 76.0 Å². The van der Waals surface area contributed by atoms with Gasteiger partial charge in [-0.25, -0.2) is 0 Å². The summed E-state index contributed by atoms with van der Waals surface area (Å²) in [7, 11) is 0. The van der Waals surface area contributed by atoms with Crippen LogP contribution in [0.2, 0.25) is 0 Å². The van der Waals surface area contributed by atoms with E-state index in [2.05, 4.69) is 4.98 Å². The normalized spacial score (nSPS) is 20.0. The second-order valence-electron chi connectivity index (χ2n) is 6.74. The second-order valence-corrected chi connectivity index (χ2v) is 6.74. The molecule has 1 N–H and O–H groups in total. The Kier molecular flexibility index (Phi) is 4.37. The van der Waals surface area contributed by atoms with Gasteiger partial charge in [-0.2, -0.15) is 0 Å². The van der Waals surface area contributed by atoms with E-state index in [9.17, 15) is 14.9 Å². The first-order valence-corrected chi connectivity index (χ1v) is 8.78. The van der Waals surface area contributed by atoms with Crippen LogP contribution in [0, 0.1) is 10.1 Å². The Labute approximate surface area is 155 Å². The molecule has 0 bridgehead atoms. The number of nitro benzene ring substituents is 1. The van der Waals surface area contributed by atoms with Gasteiger partial charge in [0.05, 0.1) is 17.6 Å². The largest absolute Gasteiger partial charge is 0.367 e. The van der Waals surface area contributed by atoms with E-state index in [1.54, 1.807) is 23.1 Å². The molecule has 138 valence electrons. The van der Waals surface area contributed by atoms with Gasteiger partial charge in [-0.15, -0.1) is 0 Å². The summed E-state index contributed by atoms with van der Waals surface area (Å²) in [4.78, 5) is 28.5. The molecule has 0 radical (unpaired) electrons. The molecule has 2 atom stereocenters. The van der Waals surface area contributed by atoms with Crippen LogP contribution in [-0.4, -0.2) is 39.9 Å². The van der Waals surface area contributed by atoms with E-state index in [4.69, 9.17) is 4.74 Å². The van der Waals surface area contributed by atoms with Crippen molar-refractivity contribution < 1.29 is 14.5 Å². The van der Waals surface area contributed by atoms with Gasteiger partial charge >= 0.3 is 0 Å². The van der Waals surface area contributed by atoms with Gasteiger partial charge in [0, 0.05) is 18.0 Å². The highest BCUT2D eigenvalue weighted by Crippen LogP contribution is 2.28. The molecule has 1 amide bonds. The minimum Gasteiger partial charge on any atom is -0.367 e. The van der Waals surface area contributed by atoms with Crippen molar-refractivity contribution in [3.63, 3.8) is 0 Å². The molecule has 0 spiro atoms. The SMILES string of the molecule is C[C@H]1CN(C(=O)c2cc3cccc([N+](=O)[O-])c3[nH]2)C[C@H](c2ccccc2)O1. The van der Waals surface area contributed by atoms with E-state index in [1.165, 1.54) is 6.07 Å². The highest BCUT2D eigenvalue weighted by Gasteiger charge is 2.31. The van der Waals surface area contributed by atoms with Crippen LogP contribution in [0.15, 0.2) is 54.6 Å². The average Bonchev–Trinajstić information content (AvgIpc) is 3.11. The predicted octanol–water partition coefficient (Wildman–Crippen LogP) is 3.68. The summed E-state index contributed by atoms with van der Waals surface area (Å²) in [6.07, 6.45) is -0.302. The Morgan fingerprint density at radius 2 is 1.96 bits per heavy atom. The van der Waals surface area contributed by atoms with Crippen LogP contribution in [0.4, 0.5) is 5.69 Å². The maximum Gasteiger partial charge on any atom is 0.293 e. The zero-order valence-corrected chi connectivity index (χ0v) is 14.8. The van der Waals surface area contributed by atoms with Crippen LogP contribution >= 0.6 is 0 Å². The molecule has 1 aromatic heterocycles. The summed E-state index contributed by atoms with van der Waals surface area (Å²) in [5, 5.41) is 11.9. The molecule has 2 heterocycles. The first-order valence-electron chi connectivity index (χ1n) is 8.78. The van der Waals surface area contributed by atoms with Gasteiger partial charge in [0.1, 0.15) is 17.3 Å². The van der Waals surface area contributed by atoms with E-state index in [0.717, 1.165) is 5.56 Å². The lowest BCUT2D eigenvalue weighted by molar-refractivity contribution is -0.383. The molecule has 4 rings (SSSR count). The molecule has 1 aliphatic rings. The number of hydrogen-bond acceptors (Lipinski definition) is 4. The van der Waals surface area contributed by atoms with Crippen LogP contribution in [-0.2, 0) is 4.74 Å². The fourth-order valence-electron chi connectivity index (χ4n) is 3.55. The number of carbonyl (C=O) groups excluding carboxylic acids is 1. The van der Waals surface area contributed by atoms with Crippen LogP contribution in [0.25, 0.3) is 10.9 Å². The van der Waals surface area contributed by atoms with Gasteiger partial charge in [0.2, 0.25) is 0 Å². The smallest absolute Gasteiger partial charge is 0.293 e. The number of H-pyrrole nitrogens is 1. The standard InChI is InChI=1S/C20H19N3O4/c1-13-11-22(12-18(27-13)14-6-3-2-4-7-14)20(24)16-10-15-8-5-9-17(23(25)26)19(15)21-16/h2-10,13,18,21H,11-12H2,1H3/t13-,18+/m0/s1. The Morgan fingerprint density at radius 3 is 2.70 bits per heavy atom. The van der Waals surface area contributed by atoms with Crippen LogP contribution in [0.3, 0.4) is 0 Å². The number of para-hydroxylation sites is 1. The van der Waals surface area contributed by atoms with Gasteiger partial charge in [-0.3, -0.25) is 14.9 Å². The molecule has 27 heavy (non-hydrogen) atoms. The molecule has 1 saturated heterocycles. The molecule has 1 fully saturated rings. The van der Waals surface area contributed by atoms with E-state index >= 15 is 0 Å². The van der Waals surface area contributed by atoms with E-state index in [0.29, 0.717) is 29.7 Å². The number of carbonyl (C=O) groups is 1. The first-order chi connectivity index (χ1) is 13.0. The molecule has 7 nitrogen and oxygen atoms in total. The van der Waals surface area contributed by atoms with Crippen LogP contribution in [0.1, 0.15) is 29.1 Å². The summed E-state index contributed by atoms with van der Waals surface area (Å²) in [6, 6.07) is 16.3. The summed E-state index contributed by atoms with van der Waals surface area (Å²) in [5.41, 5.74) is 1.70. The number of rotatable bonds is 3. The van der Waals surface area contributed by atoms with Gasteiger partial charge in [0.25, 0.3) is 11.6 Å². The lowest BCUT2D eigenvalue weighted by Gasteiger charge is -2.36. The van der Waals surface area contributed by atoms with E-state index in [1.807, 2.05) is 37.3 Å². The monoisotopic (exact) mass is 365 g/mol. The van der Waals surface area contributed by atoms with Crippen molar-refractivity contribution in [2.75, 3.05) is 13.1 Å². The minimum atomic E-state index is -0.449. The third-order valence-corrected chi connectivity index (χ3v) is 4.78. The number of aromatic nitrogens is 1. The molecule has 0 unspecified atom stereocenters. The number of non-ortho nitro benzene ring substituents is 1. The summed E-state index contributed by atoms with van der Waals surface area (Å²) in [5.74, 6) is -0.184. The van der Waals surface area contributed by atoms with E-state index in [-0.39, 0.29) is 23.8 Å². The van der Waals surface area contributed by atoms with Crippen molar-refractivity contribution in [1.82, 2.24) is 9.88 Å². The predicted molar refractivity (Wildman–Crippen MR) is 101 cm³/mol. The van der Waals surface area contributed by atoms with Crippen molar-refractivity contribution >= 4 is 22.5 Å². The van der Waals surface area contributed by atoms with Gasteiger partial charge in [-0.1, -0.05) is 42.5 Å². The number of hydrogen-bond donors (Lipinski definition) is 1. The zero-order valence-electron chi connectivity index (χ0n) is 14.8.